The molecule has 6 heteroatoms. The lowest BCUT2D eigenvalue weighted by molar-refractivity contribution is -0.122. The molecule has 0 radical (unpaired) electrons. The van der Waals surface area contributed by atoms with E-state index in [0.29, 0.717) is 5.69 Å². The Balaban J connectivity index is 3.34. The van der Waals surface area contributed by atoms with E-state index in [4.69, 9.17) is 5.73 Å². The second kappa shape index (κ2) is 4.37. The van der Waals surface area contributed by atoms with Crippen LogP contribution in [0.4, 0.5) is 5.69 Å². The van der Waals surface area contributed by atoms with Crippen LogP contribution in [0.2, 0.25) is 0 Å². The second-order valence-electron chi connectivity index (χ2n) is 4.17. The van der Waals surface area contributed by atoms with Gasteiger partial charge in [-0.05, 0) is 32.0 Å². The summed E-state index contributed by atoms with van der Waals surface area (Å²) >= 11 is 0. The van der Waals surface area contributed by atoms with Gasteiger partial charge in [-0.25, -0.2) is 8.42 Å². The highest BCUT2D eigenvalue weighted by molar-refractivity contribution is 7.93. The zero-order valence-corrected chi connectivity index (χ0v) is 10.8. The smallest absolute Gasteiger partial charge is 0.241 e. The Bertz CT molecular complexity index is 535. The van der Waals surface area contributed by atoms with Crippen molar-refractivity contribution in [1.82, 2.24) is 5.32 Å². The minimum Gasteiger partial charge on any atom is -0.399 e. The maximum absolute atomic E-state index is 12.3. The fourth-order valence-electron chi connectivity index (χ4n) is 1.40. The molecule has 0 fully saturated rings. The third kappa shape index (κ3) is 2.26. The Kier molecular flexibility index (Phi) is 3.47. The van der Waals surface area contributed by atoms with Crippen molar-refractivity contribution in [2.24, 2.45) is 0 Å². The van der Waals surface area contributed by atoms with Crippen molar-refractivity contribution in [2.45, 2.75) is 23.5 Å². The fourth-order valence-corrected chi connectivity index (χ4v) is 2.88. The van der Waals surface area contributed by atoms with Gasteiger partial charge < -0.3 is 11.1 Å². The lowest BCUT2D eigenvalue weighted by Gasteiger charge is -2.22. The molecule has 0 aliphatic heterocycles. The van der Waals surface area contributed by atoms with Crippen molar-refractivity contribution in [2.75, 3.05) is 12.8 Å². The van der Waals surface area contributed by atoms with Gasteiger partial charge in [0.1, 0.15) is 4.75 Å². The van der Waals surface area contributed by atoms with Crippen LogP contribution in [0, 0.1) is 0 Å². The number of nitrogens with two attached hydrogens (primary N) is 1. The number of hydrogen-bond acceptors (Lipinski definition) is 4. The number of anilines is 1. The maximum atomic E-state index is 12.3. The van der Waals surface area contributed by atoms with Crippen LogP contribution in [0.5, 0.6) is 0 Å². The van der Waals surface area contributed by atoms with Gasteiger partial charge in [0.15, 0.2) is 9.84 Å². The molecule has 1 rings (SSSR count). The molecule has 94 valence electrons. The molecule has 3 N–H and O–H groups in total. The first-order valence-electron chi connectivity index (χ1n) is 5.06. The minimum absolute atomic E-state index is 0.0473. The van der Waals surface area contributed by atoms with Crippen LogP contribution < -0.4 is 11.1 Å². The molecule has 1 aromatic carbocycles. The molecular weight excluding hydrogens is 240 g/mol. The van der Waals surface area contributed by atoms with Gasteiger partial charge in [0, 0.05) is 12.7 Å². The van der Waals surface area contributed by atoms with Gasteiger partial charge in [-0.1, -0.05) is 6.07 Å². The molecule has 0 heterocycles. The number of amides is 1. The average molecular weight is 256 g/mol. The second-order valence-corrected chi connectivity index (χ2v) is 6.66. The minimum atomic E-state index is -3.76. The first-order valence-corrected chi connectivity index (χ1v) is 6.54. The summed E-state index contributed by atoms with van der Waals surface area (Å²) in [7, 11) is -2.36. The van der Waals surface area contributed by atoms with E-state index >= 15 is 0 Å². The Hall–Kier alpha value is -1.56. The molecule has 0 atom stereocenters. The number of benzene rings is 1. The standard InChI is InChI=1S/C11H16N2O3S/c1-11(2,10(14)13-3)17(15,16)9-6-4-5-8(12)7-9/h4-7H,12H2,1-3H3,(H,13,14). The quantitative estimate of drug-likeness (QED) is 0.774. The molecule has 0 saturated carbocycles. The van der Waals surface area contributed by atoms with Crippen LogP contribution in [-0.4, -0.2) is 26.1 Å². The number of nitrogens with one attached hydrogen (secondary N) is 1. The molecule has 5 nitrogen and oxygen atoms in total. The summed E-state index contributed by atoms with van der Waals surface area (Å²) in [6, 6.07) is 5.91. The molecule has 0 saturated heterocycles. The Morgan fingerprint density at radius 1 is 1.35 bits per heavy atom. The highest BCUT2D eigenvalue weighted by Crippen LogP contribution is 2.26. The number of sulfone groups is 1. The highest BCUT2D eigenvalue weighted by atomic mass is 32.2. The van der Waals surface area contributed by atoms with Crippen molar-refractivity contribution >= 4 is 21.4 Å². The summed E-state index contributed by atoms with van der Waals surface area (Å²) in [5.41, 5.74) is 5.89. The van der Waals surface area contributed by atoms with Gasteiger partial charge in [0.2, 0.25) is 5.91 Å². The molecule has 0 aromatic heterocycles. The van der Waals surface area contributed by atoms with Gasteiger partial charge in [0.25, 0.3) is 0 Å². The van der Waals surface area contributed by atoms with Crippen molar-refractivity contribution < 1.29 is 13.2 Å². The van der Waals surface area contributed by atoms with Crippen molar-refractivity contribution in [3.05, 3.63) is 24.3 Å². The molecule has 0 unspecified atom stereocenters. The monoisotopic (exact) mass is 256 g/mol. The predicted molar refractivity (Wildman–Crippen MR) is 66.2 cm³/mol. The molecule has 0 aliphatic carbocycles. The average Bonchev–Trinajstić information content (AvgIpc) is 2.27. The van der Waals surface area contributed by atoms with Gasteiger partial charge in [-0.2, -0.15) is 0 Å². The Morgan fingerprint density at radius 3 is 2.41 bits per heavy atom. The van der Waals surface area contributed by atoms with Gasteiger partial charge in [0.05, 0.1) is 4.90 Å². The van der Waals surface area contributed by atoms with E-state index in [1.807, 2.05) is 0 Å². The summed E-state index contributed by atoms with van der Waals surface area (Å²) in [6.07, 6.45) is 0. The van der Waals surface area contributed by atoms with Crippen LogP contribution >= 0.6 is 0 Å². The van der Waals surface area contributed by atoms with Crippen molar-refractivity contribution in [3.8, 4) is 0 Å². The van der Waals surface area contributed by atoms with E-state index in [9.17, 15) is 13.2 Å². The fraction of sp³-hybridized carbons (Fsp3) is 0.364. The van der Waals surface area contributed by atoms with Gasteiger partial charge >= 0.3 is 0 Å². The van der Waals surface area contributed by atoms with Crippen LogP contribution in [0.25, 0.3) is 0 Å². The predicted octanol–water partition coefficient (Wildman–Crippen LogP) is 0.567. The van der Waals surface area contributed by atoms with Gasteiger partial charge in [-0.15, -0.1) is 0 Å². The largest absolute Gasteiger partial charge is 0.399 e. The summed E-state index contributed by atoms with van der Waals surface area (Å²) < 4.78 is 23.0. The summed E-state index contributed by atoms with van der Waals surface area (Å²) in [5.74, 6) is -0.556. The molecule has 0 bridgehead atoms. The van der Waals surface area contributed by atoms with Crippen LogP contribution in [-0.2, 0) is 14.6 Å². The summed E-state index contributed by atoms with van der Waals surface area (Å²) in [5, 5.41) is 2.35. The normalized spacial score (nSPS) is 12.2. The van der Waals surface area contributed by atoms with Gasteiger partial charge in [-0.3, -0.25) is 4.79 Å². The van der Waals surface area contributed by atoms with Crippen LogP contribution in [0.3, 0.4) is 0 Å². The van der Waals surface area contributed by atoms with E-state index in [2.05, 4.69) is 5.32 Å². The Morgan fingerprint density at radius 2 is 1.94 bits per heavy atom. The summed E-state index contributed by atoms with van der Waals surface area (Å²) in [6.45, 7) is 2.73. The molecule has 1 amide bonds. The SMILES string of the molecule is CNC(=O)C(C)(C)S(=O)(=O)c1cccc(N)c1. The lowest BCUT2D eigenvalue weighted by Crippen LogP contribution is -2.46. The number of nitrogen functional groups attached to an aromatic ring is 1. The van der Waals surface area contributed by atoms with E-state index in [1.165, 1.54) is 33.0 Å². The number of carbonyl (C=O) groups is 1. The van der Waals surface area contributed by atoms with Crippen molar-refractivity contribution in [1.29, 1.82) is 0 Å². The van der Waals surface area contributed by atoms with E-state index in [-0.39, 0.29) is 4.90 Å². The number of hydrogen-bond donors (Lipinski definition) is 2. The third-order valence-electron chi connectivity index (χ3n) is 2.61. The van der Waals surface area contributed by atoms with E-state index in [0.717, 1.165) is 0 Å². The first-order chi connectivity index (χ1) is 7.73. The highest BCUT2D eigenvalue weighted by Gasteiger charge is 2.42. The lowest BCUT2D eigenvalue weighted by atomic mass is 10.2. The zero-order chi connectivity index (χ0) is 13.3. The molecule has 0 spiro atoms. The molecule has 17 heavy (non-hydrogen) atoms. The molecule has 0 aliphatic rings. The summed E-state index contributed by atoms with van der Waals surface area (Å²) in [4.78, 5) is 11.7. The maximum Gasteiger partial charge on any atom is 0.241 e. The number of rotatable bonds is 3. The topological polar surface area (TPSA) is 89.3 Å². The van der Waals surface area contributed by atoms with Crippen molar-refractivity contribution in [3.63, 3.8) is 0 Å². The van der Waals surface area contributed by atoms with E-state index in [1.54, 1.807) is 12.1 Å². The van der Waals surface area contributed by atoms with Crippen LogP contribution in [0.1, 0.15) is 13.8 Å². The zero-order valence-electron chi connectivity index (χ0n) is 10.0. The number of carbonyl (C=O) groups excluding carboxylic acids is 1. The molecular formula is C11H16N2O3S. The van der Waals surface area contributed by atoms with Crippen LogP contribution in [0.15, 0.2) is 29.2 Å². The third-order valence-corrected chi connectivity index (χ3v) is 5.02. The van der Waals surface area contributed by atoms with E-state index < -0.39 is 20.5 Å². The first kappa shape index (κ1) is 13.5. The molecule has 1 aromatic rings. The Labute approximate surface area is 101 Å².